The molecule has 0 bridgehead atoms. The minimum Gasteiger partial charge on any atom is -0.373 e. The van der Waals surface area contributed by atoms with E-state index in [0.717, 1.165) is 12.2 Å². The van der Waals surface area contributed by atoms with Crippen molar-refractivity contribution in [1.29, 1.82) is 0 Å². The van der Waals surface area contributed by atoms with E-state index >= 15 is 0 Å². The van der Waals surface area contributed by atoms with E-state index in [2.05, 4.69) is 14.9 Å². The number of hydrogen-bond donors (Lipinski definition) is 2. The molecule has 0 unspecified atom stereocenters. The molecular formula is C20H34N4O3S. The van der Waals surface area contributed by atoms with Gasteiger partial charge in [0.2, 0.25) is 15.9 Å². The molecule has 0 spiro atoms. The summed E-state index contributed by atoms with van der Waals surface area (Å²) in [6.07, 6.45) is 1.34. The molecule has 0 aliphatic carbocycles. The Balaban J connectivity index is 1.82. The molecule has 1 amide bonds. The number of amides is 1. The lowest BCUT2D eigenvalue weighted by molar-refractivity contribution is -0.125. The van der Waals surface area contributed by atoms with Crippen molar-refractivity contribution >= 4 is 21.6 Å². The largest absolute Gasteiger partial charge is 0.373 e. The highest BCUT2D eigenvalue weighted by molar-refractivity contribution is 7.90. The van der Waals surface area contributed by atoms with Crippen LogP contribution in [0.2, 0.25) is 0 Å². The number of likely N-dealkylation sites (tertiary alicyclic amines) is 1. The number of carbonyl (C=O) groups is 1. The summed E-state index contributed by atoms with van der Waals surface area (Å²) in [5, 5.41) is 2.58. The quantitative estimate of drug-likeness (QED) is 0.675. The minimum absolute atomic E-state index is 0.0423. The molecule has 1 saturated heterocycles. The third-order valence-electron chi connectivity index (χ3n) is 5.19. The molecule has 1 aliphatic heterocycles. The van der Waals surface area contributed by atoms with E-state index < -0.39 is 15.3 Å². The van der Waals surface area contributed by atoms with Gasteiger partial charge in [0, 0.05) is 45.0 Å². The number of anilines is 1. The maximum Gasteiger partial charge on any atom is 0.224 e. The molecule has 28 heavy (non-hydrogen) atoms. The van der Waals surface area contributed by atoms with Crippen LogP contribution in [0, 0.1) is 5.92 Å². The van der Waals surface area contributed by atoms with E-state index in [-0.39, 0.29) is 17.9 Å². The van der Waals surface area contributed by atoms with Crippen molar-refractivity contribution in [2.24, 2.45) is 5.92 Å². The molecule has 1 aliphatic rings. The van der Waals surface area contributed by atoms with Crippen LogP contribution < -0.4 is 14.9 Å². The first-order valence-electron chi connectivity index (χ1n) is 9.92. The zero-order valence-electron chi connectivity index (χ0n) is 17.4. The summed E-state index contributed by atoms with van der Waals surface area (Å²) in [5.41, 5.74) is 1.12. The van der Waals surface area contributed by atoms with Gasteiger partial charge in [-0.05, 0) is 45.9 Å². The first-order valence-corrected chi connectivity index (χ1v) is 11.5. The Morgan fingerprint density at radius 1 is 1.21 bits per heavy atom. The second-order valence-electron chi connectivity index (χ2n) is 7.95. The summed E-state index contributed by atoms with van der Waals surface area (Å²) in [5.74, 6) is -0.0822. The predicted octanol–water partition coefficient (Wildman–Crippen LogP) is 1.28. The lowest BCUT2D eigenvalue weighted by atomic mass is 10.0. The van der Waals surface area contributed by atoms with Crippen LogP contribution in [0.5, 0.6) is 0 Å². The first kappa shape index (κ1) is 22.6. The van der Waals surface area contributed by atoms with E-state index in [9.17, 15) is 13.2 Å². The van der Waals surface area contributed by atoms with Gasteiger partial charge in [-0.1, -0.05) is 18.2 Å². The maximum absolute atomic E-state index is 12.6. The molecule has 7 nitrogen and oxygen atoms in total. The summed E-state index contributed by atoms with van der Waals surface area (Å²) in [6.45, 7) is 5.91. The van der Waals surface area contributed by atoms with Gasteiger partial charge in [-0.15, -0.1) is 0 Å². The summed E-state index contributed by atoms with van der Waals surface area (Å²) in [7, 11) is 0.634. The van der Waals surface area contributed by atoms with Gasteiger partial charge in [0.05, 0.1) is 11.2 Å². The Kier molecular flexibility index (Phi) is 8.27. The zero-order chi connectivity index (χ0) is 20.7. The molecule has 2 atom stereocenters. The van der Waals surface area contributed by atoms with Gasteiger partial charge in [-0.2, -0.15) is 0 Å². The van der Waals surface area contributed by atoms with Gasteiger partial charge in [-0.3, -0.25) is 4.79 Å². The third kappa shape index (κ3) is 6.76. The molecule has 0 saturated carbocycles. The van der Waals surface area contributed by atoms with E-state index in [0.29, 0.717) is 32.5 Å². The Hall–Kier alpha value is -1.64. The van der Waals surface area contributed by atoms with Gasteiger partial charge in [0.1, 0.15) is 0 Å². The molecule has 1 aromatic carbocycles. The number of benzene rings is 1. The highest BCUT2D eigenvalue weighted by Crippen LogP contribution is 2.17. The number of carbonyl (C=O) groups excluding carboxylic acids is 1. The third-order valence-corrected chi connectivity index (χ3v) is 7.10. The number of nitrogens with one attached hydrogen (secondary N) is 2. The predicted molar refractivity (Wildman–Crippen MR) is 114 cm³/mol. The standard InChI is InChI=1S/C20H34N4O3S/c1-16(2)28(26,27)22-18-11-10-17(14-23(3)15-18)20(25)21-12-13-24(4)19-8-6-5-7-9-19/h5-9,16-18,22H,10-15H2,1-4H3,(H,21,25)/t17-,18+/m1/s1. The summed E-state index contributed by atoms with van der Waals surface area (Å²) in [6, 6.07) is 9.90. The van der Waals surface area contributed by atoms with Crippen LogP contribution in [-0.2, 0) is 14.8 Å². The number of rotatable bonds is 8. The van der Waals surface area contributed by atoms with E-state index in [1.165, 1.54) is 0 Å². The van der Waals surface area contributed by atoms with Gasteiger partial charge in [0.25, 0.3) is 0 Å². The second kappa shape index (κ2) is 10.2. The molecular weight excluding hydrogens is 376 g/mol. The number of hydrogen-bond acceptors (Lipinski definition) is 5. The van der Waals surface area contributed by atoms with Gasteiger partial charge in [-0.25, -0.2) is 13.1 Å². The smallest absolute Gasteiger partial charge is 0.224 e. The van der Waals surface area contributed by atoms with Crippen molar-refractivity contribution < 1.29 is 13.2 Å². The van der Waals surface area contributed by atoms with Crippen LogP contribution in [0.25, 0.3) is 0 Å². The van der Waals surface area contributed by atoms with Gasteiger partial charge in [0.15, 0.2) is 0 Å². The SMILES string of the molecule is CC(C)S(=O)(=O)N[C@H]1CC[C@@H](C(=O)NCCN(C)c2ccccc2)CN(C)C1. The Morgan fingerprint density at radius 3 is 2.54 bits per heavy atom. The Morgan fingerprint density at radius 2 is 1.89 bits per heavy atom. The van der Waals surface area contributed by atoms with Crippen molar-refractivity contribution in [1.82, 2.24) is 14.9 Å². The van der Waals surface area contributed by atoms with Crippen molar-refractivity contribution in [3.8, 4) is 0 Å². The normalized spacial score (nSPS) is 21.3. The maximum atomic E-state index is 12.6. The molecule has 0 radical (unpaired) electrons. The highest BCUT2D eigenvalue weighted by Gasteiger charge is 2.29. The zero-order valence-corrected chi connectivity index (χ0v) is 18.2. The number of likely N-dealkylation sites (N-methyl/N-ethyl adjacent to an activating group) is 2. The number of para-hydroxylation sites is 1. The van der Waals surface area contributed by atoms with Crippen molar-refractivity contribution in [3.05, 3.63) is 30.3 Å². The van der Waals surface area contributed by atoms with Crippen LogP contribution in [0.1, 0.15) is 26.7 Å². The highest BCUT2D eigenvalue weighted by atomic mass is 32.2. The first-order chi connectivity index (χ1) is 13.2. The fourth-order valence-electron chi connectivity index (χ4n) is 3.39. The van der Waals surface area contributed by atoms with E-state index in [1.54, 1.807) is 13.8 Å². The van der Waals surface area contributed by atoms with Crippen LogP contribution in [0.4, 0.5) is 5.69 Å². The average molecular weight is 411 g/mol. The van der Waals surface area contributed by atoms with Gasteiger partial charge < -0.3 is 15.1 Å². The van der Waals surface area contributed by atoms with Crippen LogP contribution in [-0.4, -0.2) is 70.8 Å². The van der Waals surface area contributed by atoms with E-state index in [1.807, 2.05) is 49.3 Å². The lowest BCUT2D eigenvalue weighted by Crippen LogP contribution is -2.44. The molecule has 158 valence electrons. The Bertz CT molecular complexity index is 724. The molecule has 2 rings (SSSR count). The second-order valence-corrected chi connectivity index (χ2v) is 10.2. The average Bonchev–Trinajstić information content (AvgIpc) is 2.82. The van der Waals surface area contributed by atoms with Crippen LogP contribution in [0.15, 0.2) is 30.3 Å². The van der Waals surface area contributed by atoms with Crippen LogP contribution >= 0.6 is 0 Å². The monoisotopic (exact) mass is 410 g/mol. The van der Waals surface area contributed by atoms with Crippen LogP contribution in [0.3, 0.4) is 0 Å². The topological polar surface area (TPSA) is 81.7 Å². The number of nitrogens with zero attached hydrogens (tertiary/aromatic N) is 2. The number of sulfonamides is 1. The lowest BCUT2D eigenvalue weighted by Gasteiger charge is -2.23. The van der Waals surface area contributed by atoms with E-state index in [4.69, 9.17) is 0 Å². The van der Waals surface area contributed by atoms with Crippen molar-refractivity contribution in [3.63, 3.8) is 0 Å². The van der Waals surface area contributed by atoms with Crippen molar-refractivity contribution in [2.45, 2.75) is 38.0 Å². The molecule has 8 heteroatoms. The molecule has 2 N–H and O–H groups in total. The molecule has 1 aromatic rings. The Labute approximate surface area is 169 Å². The molecule has 1 heterocycles. The summed E-state index contributed by atoms with van der Waals surface area (Å²) >= 11 is 0. The van der Waals surface area contributed by atoms with Gasteiger partial charge >= 0.3 is 0 Å². The molecule has 1 fully saturated rings. The van der Waals surface area contributed by atoms with Crippen molar-refractivity contribution in [2.75, 3.05) is 45.2 Å². The molecule has 0 aromatic heterocycles. The summed E-state index contributed by atoms with van der Waals surface area (Å²) in [4.78, 5) is 16.8. The fourth-order valence-corrected chi connectivity index (χ4v) is 4.32. The summed E-state index contributed by atoms with van der Waals surface area (Å²) < 4.78 is 27.1. The minimum atomic E-state index is -3.31. The fraction of sp³-hybridized carbons (Fsp3) is 0.650.